The van der Waals surface area contributed by atoms with E-state index in [1.54, 1.807) is 18.5 Å². The molecule has 0 saturated carbocycles. The van der Waals surface area contributed by atoms with Crippen LogP contribution in [0, 0.1) is 5.92 Å². The summed E-state index contributed by atoms with van der Waals surface area (Å²) in [5, 5.41) is 3.90. The molecule has 0 aliphatic rings. The van der Waals surface area contributed by atoms with Gasteiger partial charge in [0, 0.05) is 6.54 Å². The second-order valence-corrected chi connectivity index (χ2v) is 3.50. The fourth-order valence-electron chi connectivity index (χ4n) is 1.43. The third-order valence-electron chi connectivity index (χ3n) is 2.26. The zero-order valence-electron chi connectivity index (χ0n) is 10.5. The second-order valence-electron chi connectivity index (χ2n) is 3.50. The molecule has 0 spiro atoms. The van der Waals surface area contributed by atoms with Crippen LogP contribution in [-0.4, -0.2) is 39.9 Å². The Bertz CT molecular complexity index is 360. The summed E-state index contributed by atoms with van der Waals surface area (Å²) in [5.74, 6) is -2.03. The number of hydrogen-bond acceptors (Lipinski definition) is 6. The van der Waals surface area contributed by atoms with Crippen LogP contribution in [0.15, 0.2) is 12.7 Å². The Labute approximate surface area is 105 Å². The van der Waals surface area contributed by atoms with Gasteiger partial charge in [-0.15, -0.1) is 0 Å². The quantitative estimate of drug-likeness (QED) is 0.518. The third-order valence-corrected chi connectivity index (χ3v) is 2.26. The molecule has 0 fully saturated rings. The molecule has 0 N–H and O–H groups in total. The van der Waals surface area contributed by atoms with E-state index in [0.717, 1.165) is 0 Å². The zero-order chi connectivity index (χ0) is 13.4. The van der Waals surface area contributed by atoms with E-state index in [9.17, 15) is 9.59 Å². The normalized spacial score (nSPS) is 10.4. The van der Waals surface area contributed by atoms with E-state index >= 15 is 0 Å². The van der Waals surface area contributed by atoms with E-state index in [4.69, 9.17) is 9.47 Å². The Hall–Kier alpha value is -1.92. The Kier molecular flexibility index (Phi) is 5.83. The van der Waals surface area contributed by atoms with Gasteiger partial charge in [-0.2, -0.15) is 5.10 Å². The Morgan fingerprint density at radius 3 is 2.28 bits per heavy atom. The van der Waals surface area contributed by atoms with E-state index in [1.807, 2.05) is 0 Å². The van der Waals surface area contributed by atoms with Crippen LogP contribution in [0.3, 0.4) is 0 Å². The van der Waals surface area contributed by atoms with E-state index < -0.39 is 17.9 Å². The number of hydrogen-bond donors (Lipinski definition) is 0. The fourth-order valence-corrected chi connectivity index (χ4v) is 1.43. The van der Waals surface area contributed by atoms with Gasteiger partial charge in [-0.25, -0.2) is 4.98 Å². The van der Waals surface area contributed by atoms with E-state index in [-0.39, 0.29) is 19.6 Å². The standard InChI is InChI=1S/C11H17N3O4/c1-3-17-10(15)9(11(16)18-4-2)5-6-14-8-12-7-13-14/h7-9H,3-6H2,1-2H3. The largest absolute Gasteiger partial charge is 0.465 e. The second kappa shape index (κ2) is 7.41. The first kappa shape index (κ1) is 14.1. The number of aryl methyl sites for hydroxylation is 1. The van der Waals surface area contributed by atoms with Crippen LogP contribution < -0.4 is 0 Å². The van der Waals surface area contributed by atoms with Crippen molar-refractivity contribution in [1.29, 1.82) is 0 Å². The molecule has 0 aliphatic carbocycles. The maximum Gasteiger partial charge on any atom is 0.320 e. The summed E-state index contributed by atoms with van der Waals surface area (Å²) in [6.45, 7) is 4.26. The first-order chi connectivity index (χ1) is 8.69. The fraction of sp³-hybridized carbons (Fsp3) is 0.636. The molecule has 0 unspecified atom stereocenters. The summed E-state index contributed by atoms with van der Waals surface area (Å²) >= 11 is 0. The van der Waals surface area contributed by atoms with Crippen molar-refractivity contribution < 1.29 is 19.1 Å². The van der Waals surface area contributed by atoms with Crippen LogP contribution in [0.25, 0.3) is 0 Å². The van der Waals surface area contributed by atoms with E-state index in [1.165, 1.54) is 12.7 Å². The van der Waals surface area contributed by atoms with Crippen molar-refractivity contribution in [2.45, 2.75) is 26.8 Å². The lowest BCUT2D eigenvalue weighted by molar-refractivity contribution is -0.162. The summed E-state index contributed by atoms with van der Waals surface area (Å²) in [7, 11) is 0. The van der Waals surface area contributed by atoms with Gasteiger partial charge in [-0.05, 0) is 20.3 Å². The predicted octanol–water partition coefficient (Wildman–Crippen LogP) is 0.411. The number of aromatic nitrogens is 3. The molecule has 7 nitrogen and oxygen atoms in total. The number of ether oxygens (including phenoxy) is 2. The number of nitrogens with zero attached hydrogens (tertiary/aromatic N) is 3. The predicted molar refractivity (Wildman–Crippen MR) is 61.4 cm³/mol. The van der Waals surface area contributed by atoms with Crippen molar-refractivity contribution in [2.75, 3.05) is 13.2 Å². The molecule has 1 rings (SSSR count). The molecule has 0 bridgehead atoms. The molecular formula is C11H17N3O4. The number of rotatable bonds is 7. The van der Waals surface area contributed by atoms with Crippen molar-refractivity contribution in [3.05, 3.63) is 12.7 Å². The van der Waals surface area contributed by atoms with Crippen LogP contribution in [0.4, 0.5) is 0 Å². The van der Waals surface area contributed by atoms with Crippen molar-refractivity contribution >= 4 is 11.9 Å². The Morgan fingerprint density at radius 1 is 1.22 bits per heavy atom. The summed E-state index contributed by atoms with van der Waals surface area (Å²) < 4.78 is 11.3. The minimum Gasteiger partial charge on any atom is -0.465 e. The molecule has 1 aromatic rings. The molecule has 0 saturated heterocycles. The summed E-state index contributed by atoms with van der Waals surface area (Å²) in [4.78, 5) is 27.1. The van der Waals surface area contributed by atoms with Gasteiger partial charge in [0.15, 0.2) is 5.92 Å². The highest BCUT2D eigenvalue weighted by Crippen LogP contribution is 2.10. The Morgan fingerprint density at radius 2 is 1.83 bits per heavy atom. The zero-order valence-corrected chi connectivity index (χ0v) is 10.5. The molecule has 0 atom stereocenters. The van der Waals surface area contributed by atoms with Gasteiger partial charge < -0.3 is 9.47 Å². The Balaban J connectivity index is 2.59. The van der Waals surface area contributed by atoms with E-state index in [0.29, 0.717) is 6.54 Å². The third kappa shape index (κ3) is 4.15. The SMILES string of the molecule is CCOC(=O)C(CCn1cncn1)C(=O)OCC. The van der Waals surface area contributed by atoms with Crippen LogP contribution in [0.1, 0.15) is 20.3 Å². The number of carbonyl (C=O) groups excluding carboxylic acids is 2. The van der Waals surface area contributed by atoms with Crippen molar-refractivity contribution in [3.63, 3.8) is 0 Å². The number of carbonyl (C=O) groups is 2. The minimum absolute atomic E-state index is 0.234. The minimum atomic E-state index is -0.908. The highest BCUT2D eigenvalue weighted by Gasteiger charge is 2.29. The molecule has 1 heterocycles. The molecule has 18 heavy (non-hydrogen) atoms. The van der Waals surface area contributed by atoms with Crippen LogP contribution in [0.5, 0.6) is 0 Å². The molecule has 0 aliphatic heterocycles. The average Bonchev–Trinajstić information content (AvgIpc) is 2.83. The molecule has 1 aromatic heterocycles. The van der Waals surface area contributed by atoms with Gasteiger partial charge in [0.2, 0.25) is 0 Å². The lowest BCUT2D eigenvalue weighted by Gasteiger charge is -2.13. The molecule has 7 heteroatoms. The average molecular weight is 255 g/mol. The van der Waals surface area contributed by atoms with Crippen molar-refractivity contribution in [1.82, 2.24) is 14.8 Å². The molecule has 0 amide bonds. The van der Waals surface area contributed by atoms with Gasteiger partial charge in [0.05, 0.1) is 13.2 Å². The molecule has 0 aromatic carbocycles. The van der Waals surface area contributed by atoms with Crippen molar-refractivity contribution in [2.24, 2.45) is 5.92 Å². The van der Waals surface area contributed by atoms with Crippen LogP contribution in [0.2, 0.25) is 0 Å². The summed E-state index contributed by atoms with van der Waals surface area (Å²) in [6, 6.07) is 0. The lowest BCUT2D eigenvalue weighted by Crippen LogP contribution is -2.29. The summed E-state index contributed by atoms with van der Waals surface area (Å²) in [5.41, 5.74) is 0. The highest BCUT2D eigenvalue weighted by atomic mass is 16.6. The molecule has 0 radical (unpaired) electrons. The summed E-state index contributed by atoms with van der Waals surface area (Å²) in [6.07, 6.45) is 3.19. The van der Waals surface area contributed by atoms with Gasteiger partial charge in [-0.3, -0.25) is 14.3 Å². The maximum absolute atomic E-state index is 11.7. The first-order valence-electron chi connectivity index (χ1n) is 5.84. The topological polar surface area (TPSA) is 83.3 Å². The van der Waals surface area contributed by atoms with Crippen LogP contribution >= 0.6 is 0 Å². The van der Waals surface area contributed by atoms with Gasteiger partial charge in [-0.1, -0.05) is 0 Å². The first-order valence-corrected chi connectivity index (χ1v) is 5.84. The lowest BCUT2D eigenvalue weighted by atomic mass is 10.1. The van der Waals surface area contributed by atoms with Gasteiger partial charge >= 0.3 is 11.9 Å². The van der Waals surface area contributed by atoms with Crippen LogP contribution in [-0.2, 0) is 25.6 Å². The monoisotopic (exact) mass is 255 g/mol. The molecular weight excluding hydrogens is 238 g/mol. The number of esters is 2. The van der Waals surface area contributed by atoms with Crippen molar-refractivity contribution in [3.8, 4) is 0 Å². The molecule has 100 valence electrons. The van der Waals surface area contributed by atoms with Gasteiger partial charge in [0.1, 0.15) is 12.7 Å². The van der Waals surface area contributed by atoms with Gasteiger partial charge in [0.25, 0.3) is 0 Å². The maximum atomic E-state index is 11.7. The highest BCUT2D eigenvalue weighted by molar-refractivity contribution is 5.94. The smallest absolute Gasteiger partial charge is 0.320 e. The van der Waals surface area contributed by atoms with E-state index in [2.05, 4.69) is 10.1 Å².